The molecule has 0 aromatic heterocycles. The van der Waals surface area contributed by atoms with Gasteiger partial charge in [-0.05, 0) is 30.3 Å². The molecule has 0 fully saturated rings. The highest BCUT2D eigenvalue weighted by Gasteiger charge is 2.06. The van der Waals surface area contributed by atoms with Crippen LogP contribution in [0.25, 0.3) is 5.70 Å². The van der Waals surface area contributed by atoms with E-state index < -0.39 is 0 Å². The van der Waals surface area contributed by atoms with Crippen LogP contribution in [0.1, 0.15) is 15.9 Å². The van der Waals surface area contributed by atoms with E-state index in [1.807, 2.05) is 12.1 Å². The second kappa shape index (κ2) is 6.12. The van der Waals surface area contributed by atoms with E-state index in [4.69, 9.17) is 17.3 Å². The predicted molar refractivity (Wildman–Crippen MR) is 81.9 cm³/mol. The predicted octanol–water partition coefficient (Wildman–Crippen LogP) is 2.83. The molecule has 0 atom stereocenters. The van der Waals surface area contributed by atoms with Crippen molar-refractivity contribution >= 4 is 28.9 Å². The number of hydrazine groups is 1. The quantitative estimate of drug-likeness (QED) is 0.598. The number of amides is 1. The van der Waals surface area contributed by atoms with Crippen LogP contribution in [0.15, 0.2) is 55.1 Å². The Hall–Kier alpha value is -2.46. The van der Waals surface area contributed by atoms with Crippen LogP contribution < -0.4 is 16.6 Å². The van der Waals surface area contributed by atoms with E-state index in [-0.39, 0.29) is 5.91 Å². The molecule has 2 aromatic rings. The van der Waals surface area contributed by atoms with Gasteiger partial charge in [-0.25, -0.2) is 0 Å². The van der Waals surface area contributed by atoms with Crippen molar-refractivity contribution in [1.82, 2.24) is 10.9 Å². The van der Waals surface area contributed by atoms with Crippen molar-refractivity contribution in [1.29, 1.82) is 0 Å². The zero-order chi connectivity index (χ0) is 14.5. The van der Waals surface area contributed by atoms with Crippen molar-refractivity contribution in [2.45, 2.75) is 0 Å². The minimum Gasteiger partial charge on any atom is -0.399 e. The van der Waals surface area contributed by atoms with Crippen molar-refractivity contribution < 1.29 is 4.79 Å². The van der Waals surface area contributed by atoms with Gasteiger partial charge in [-0.2, -0.15) is 0 Å². The lowest BCUT2D eigenvalue weighted by Gasteiger charge is -2.11. The first kappa shape index (κ1) is 14.0. The molecule has 0 unspecified atom stereocenters. The van der Waals surface area contributed by atoms with Crippen molar-refractivity contribution in [3.63, 3.8) is 0 Å². The van der Waals surface area contributed by atoms with Crippen molar-refractivity contribution in [2.24, 2.45) is 0 Å². The zero-order valence-electron chi connectivity index (χ0n) is 10.7. The summed E-state index contributed by atoms with van der Waals surface area (Å²) < 4.78 is 0. The number of nitrogen functional groups attached to an aromatic ring is 1. The van der Waals surface area contributed by atoms with Crippen LogP contribution in [0, 0.1) is 0 Å². The zero-order valence-corrected chi connectivity index (χ0v) is 11.4. The van der Waals surface area contributed by atoms with Gasteiger partial charge < -0.3 is 5.73 Å². The molecular formula is C15H14ClN3O. The SMILES string of the molecule is C=C(NNC(=O)c1cccc(Cl)c1)c1cccc(N)c1. The van der Waals surface area contributed by atoms with Gasteiger partial charge in [0.1, 0.15) is 0 Å². The van der Waals surface area contributed by atoms with Crippen LogP contribution in [-0.2, 0) is 0 Å². The second-order valence-electron chi connectivity index (χ2n) is 4.19. The number of benzene rings is 2. The average Bonchev–Trinajstić information content (AvgIpc) is 2.44. The van der Waals surface area contributed by atoms with Gasteiger partial charge in [-0.1, -0.05) is 36.4 Å². The number of carbonyl (C=O) groups excluding carboxylic acids is 1. The Labute approximate surface area is 122 Å². The molecule has 0 radical (unpaired) electrons. The largest absolute Gasteiger partial charge is 0.399 e. The first-order valence-corrected chi connectivity index (χ1v) is 6.31. The number of anilines is 1. The van der Waals surface area contributed by atoms with E-state index in [0.717, 1.165) is 5.56 Å². The van der Waals surface area contributed by atoms with E-state index in [1.54, 1.807) is 36.4 Å². The van der Waals surface area contributed by atoms with Gasteiger partial charge in [0.15, 0.2) is 0 Å². The summed E-state index contributed by atoms with van der Waals surface area (Å²) in [6.45, 7) is 3.84. The normalized spacial score (nSPS) is 9.85. The third-order valence-corrected chi connectivity index (χ3v) is 2.88. The fourth-order valence-corrected chi connectivity index (χ4v) is 1.82. The molecule has 20 heavy (non-hydrogen) atoms. The van der Waals surface area contributed by atoms with Crippen molar-refractivity contribution in [3.8, 4) is 0 Å². The number of hydrogen-bond acceptors (Lipinski definition) is 3. The number of nitrogens with two attached hydrogens (primary N) is 1. The summed E-state index contributed by atoms with van der Waals surface area (Å²) in [4.78, 5) is 11.9. The van der Waals surface area contributed by atoms with Crippen molar-refractivity contribution in [3.05, 3.63) is 71.3 Å². The number of hydrogen-bond donors (Lipinski definition) is 3. The molecule has 2 rings (SSSR count). The van der Waals surface area contributed by atoms with Gasteiger partial charge in [-0.15, -0.1) is 0 Å². The highest BCUT2D eigenvalue weighted by molar-refractivity contribution is 6.30. The van der Waals surface area contributed by atoms with E-state index >= 15 is 0 Å². The lowest BCUT2D eigenvalue weighted by molar-refractivity contribution is 0.0942. The Kier molecular flexibility index (Phi) is 4.27. The van der Waals surface area contributed by atoms with Crippen molar-refractivity contribution in [2.75, 3.05) is 5.73 Å². The van der Waals surface area contributed by atoms with Crippen LogP contribution in [0.5, 0.6) is 0 Å². The van der Waals surface area contributed by atoms with E-state index in [9.17, 15) is 4.79 Å². The van der Waals surface area contributed by atoms with Crippen LogP contribution >= 0.6 is 11.6 Å². The second-order valence-corrected chi connectivity index (χ2v) is 4.63. The summed E-state index contributed by atoms with van der Waals surface area (Å²) in [6, 6.07) is 13.9. The Morgan fingerprint density at radius 1 is 1.05 bits per heavy atom. The summed E-state index contributed by atoms with van der Waals surface area (Å²) >= 11 is 5.83. The molecule has 2 aromatic carbocycles. The Morgan fingerprint density at radius 2 is 1.75 bits per heavy atom. The molecule has 0 saturated heterocycles. The highest BCUT2D eigenvalue weighted by atomic mass is 35.5. The van der Waals surface area contributed by atoms with Crippen LogP contribution in [0.2, 0.25) is 5.02 Å². The standard InChI is InChI=1S/C15H14ClN3O/c1-10(11-4-3-7-14(17)9-11)18-19-15(20)12-5-2-6-13(16)8-12/h2-9,18H,1,17H2,(H,19,20). The van der Waals surface area contributed by atoms with E-state index in [1.165, 1.54) is 0 Å². The monoisotopic (exact) mass is 287 g/mol. The highest BCUT2D eigenvalue weighted by Crippen LogP contribution is 2.13. The molecule has 0 aliphatic heterocycles. The number of halogens is 1. The Balaban J connectivity index is 1.98. The Bertz CT molecular complexity index is 598. The van der Waals surface area contributed by atoms with Crippen LogP contribution in [0.3, 0.4) is 0 Å². The molecule has 4 nitrogen and oxygen atoms in total. The molecule has 0 spiro atoms. The third kappa shape index (κ3) is 3.52. The first-order valence-electron chi connectivity index (χ1n) is 5.93. The summed E-state index contributed by atoms with van der Waals surface area (Å²) in [7, 11) is 0. The molecule has 0 bridgehead atoms. The smallest absolute Gasteiger partial charge is 0.269 e. The lowest BCUT2D eigenvalue weighted by Crippen LogP contribution is -2.35. The maximum absolute atomic E-state index is 11.9. The molecule has 0 saturated carbocycles. The topological polar surface area (TPSA) is 67.1 Å². The molecule has 1 amide bonds. The summed E-state index contributed by atoms with van der Waals surface area (Å²) in [6.07, 6.45) is 0. The average molecular weight is 288 g/mol. The Morgan fingerprint density at radius 3 is 2.45 bits per heavy atom. The molecule has 0 heterocycles. The summed E-state index contributed by atoms with van der Waals surface area (Å²) in [5.74, 6) is -0.294. The molecular weight excluding hydrogens is 274 g/mol. The van der Waals surface area contributed by atoms with Gasteiger partial charge in [0, 0.05) is 21.8 Å². The van der Waals surface area contributed by atoms with Gasteiger partial charge in [0.25, 0.3) is 5.91 Å². The maximum atomic E-state index is 11.9. The van der Waals surface area contributed by atoms with Gasteiger partial charge >= 0.3 is 0 Å². The summed E-state index contributed by atoms with van der Waals surface area (Å²) in [5, 5.41) is 0.507. The molecule has 0 aliphatic carbocycles. The molecule has 5 heteroatoms. The number of nitrogens with one attached hydrogen (secondary N) is 2. The van der Waals surface area contributed by atoms with Gasteiger partial charge in [0.2, 0.25) is 0 Å². The third-order valence-electron chi connectivity index (χ3n) is 2.65. The fraction of sp³-hybridized carbons (Fsp3) is 0. The minimum absolute atomic E-state index is 0.294. The molecule has 4 N–H and O–H groups in total. The van der Waals surface area contributed by atoms with Gasteiger partial charge in [-0.3, -0.25) is 15.6 Å². The number of rotatable bonds is 4. The van der Waals surface area contributed by atoms with Crippen LogP contribution in [-0.4, -0.2) is 5.91 Å². The first-order chi connectivity index (χ1) is 9.56. The number of carbonyl (C=O) groups is 1. The maximum Gasteiger partial charge on any atom is 0.269 e. The van der Waals surface area contributed by atoms with E-state index in [0.29, 0.717) is 22.0 Å². The van der Waals surface area contributed by atoms with Crippen LogP contribution in [0.4, 0.5) is 5.69 Å². The van der Waals surface area contributed by atoms with Gasteiger partial charge in [0.05, 0.1) is 5.70 Å². The molecule has 0 aliphatic rings. The van der Waals surface area contributed by atoms with E-state index in [2.05, 4.69) is 17.4 Å². The minimum atomic E-state index is -0.294. The molecule has 102 valence electrons. The lowest BCUT2D eigenvalue weighted by atomic mass is 10.1. The fourth-order valence-electron chi connectivity index (χ4n) is 1.63. The summed E-state index contributed by atoms with van der Waals surface area (Å²) in [5.41, 5.74) is 13.4.